The molecule has 1 heterocycles. The summed E-state index contributed by atoms with van der Waals surface area (Å²) in [6.07, 6.45) is 1.95. The monoisotopic (exact) mass is 309 g/mol. The molecule has 0 aliphatic rings. The van der Waals surface area contributed by atoms with Gasteiger partial charge in [0.05, 0.1) is 5.52 Å². The Bertz CT molecular complexity index is 651. The maximum absolute atomic E-state index is 11.7. The number of nitrogens with zero attached hydrogens (tertiary/aromatic N) is 1. The number of halogens is 1. The summed E-state index contributed by atoms with van der Waals surface area (Å²) in [6.45, 7) is 0.469. The first kappa shape index (κ1) is 12.8. The number of carbonyl (C=O) groups excluding carboxylic acids is 1. The summed E-state index contributed by atoms with van der Waals surface area (Å²) < 4.78 is 2.74. The van der Waals surface area contributed by atoms with Gasteiger partial charge in [0.15, 0.2) is 5.43 Å². The fourth-order valence-electron chi connectivity index (χ4n) is 1.77. The van der Waals surface area contributed by atoms with Gasteiger partial charge in [-0.3, -0.25) is 15.0 Å². The van der Waals surface area contributed by atoms with Crippen LogP contribution in [0.4, 0.5) is 0 Å². The maximum Gasteiger partial charge on any atom is 0.235 e. The molecule has 0 saturated carbocycles. The molecule has 0 unspecified atom stereocenters. The number of fused-ring (bicyclic) bond motifs is 1. The standard InChI is InChI=1S/C12H12BrN3O2/c13-8-1-2-9-10(7-8)16(5-3-11(9)17)6-4-12(18)15-14/h1-3,5,7H,4,6,14H2,(H,15,18). The third-order valence-corrected chi connectivity index (χ3v) is 3.17. The fraction of sp³-hybridized carbons (Fsp3) is 0.167. The van der Waals surface area contributed by atoms with Crippen LogP contribution in [0.25, 0.3) is 10.9 Å². The topological polar surface area (TPSA) is 77.1 Å². The molecule has 2 aromatic rings. The summed E-state index contributed by atoms with van der Waals surface area (Å²) in [5.74, 6) is 4.79. The van der Waals surface area contributed by atoms with Crippen molar-refractivity contribution in [1.29, 1.82) is 0 Å². The first-order chi connectivity index (χ1) is 8.61. The minimum absolute atomic E-state index is 0.0305. The Morgan fingerprint density at radius 3 is 2.89 bits per heavy atom. The van der Waals surface area contributed by atoms with Crippen molar-refractivity contribution in [2.75, 3.05) is 0 Å². The lowest BCUT2D eigenvalue weighted by Gasteiger charge is -2.10. The highest BCUT2D eigenvalue weighted by Crippen LogP contribution is 2.17. The van der Waals surface area contributed by atoms with Crippen LogP contribution in [-0.2, 0) is 11.3 Å². The number of nitrogens with one attached hydrogen (secondary N) is 1. The molecule has 1 amide bonds. The fourth-order valence-corrected chi connectivity index (χ4v) is 2.12. The number of nitrogens with two attached hydrogens (primary N) is 1. The number of pyridine rings is 1. The Balaban J connectivity index is 2.44. The van der Waals surface area contributed by atoms with Crippen molar-refractivity contribution in [2.45, 2.75) is 13.0 Å². The van der Waals surface area contributed by atoms with E-state index in [1.165, 1.54) is 6.07 Å². The number of hydrogen-bond acceptors (Lipinski definition) is 3. The van der Waals surface area contributed by atoms with Gasteiger partial charge in [-0.05, 0) is 18.2 Å². The van der Waals surface area contributed by atoms with Crippen LogP contribution >= 0.6 is 15.9 Å². The van der Waals surface area contributed by atoms with E-state index >= 15 is 0 Å². The van der Waals surface area contributed by atoms with Crippen molar-refractivity contribution in [3.63, 3.8) is 0 Å². The van der Waals surface area contributed by atoms with E-state index in [4.69, 9.17) is 5.84 Å². The molecule has 0 saturated heterocycles. The summed E-state index contributed by atoms with van der Waals surface area (Å²) in [7, 11) is 0. The average molecular weight is 310 g/mol. The number of benzene rings is 1. The van der Waals surface area contributed by atoms with Gasteiger partial charge in [0.2, 0.25) is 5.91 Å². The zero-order valence-corrected chi connectivity index (χ0v) is 11.1. The van der Waals surface area contributed by atoms with Gasteiger partial charge in [0, 0.05) is 35.1 Å². The first-order valence-corrected chi connectivity index (χ1v) is 6.19. The summed E-state index contributed by atoms with van der Waals surface area (Å²) in [5.41, 5.74) is 2.85. The lowest BCUT2D eigenvalue weighted by molar-refractivity contribution is -0.121. The van der Waals surface area contributed by atoms with Crippen molar-refractivity contribution in [3.05, 3.63) is 45.2 Å². The molecule has 1 aromatic heterocycles. The SMILES string of the molecule is NNC(=O)CCn1ccc(=O)c2ccc(Br)cc21. The highest BCUT2D eigenvalue weighted by Gasteiger charge is 2.05. The smallest absolute Gasteiger partial charge is 0.235 e. The Morgan fingerprint density at radius 1 is 1.39 bits per heavy atom. The quantitative estimate of drug-likeness (QED) is 0.507. The summed E-state index contributed by atoms with van der Waals surface area (Å²) in [5, 5.41) is 0.633. The van der Waals surface area contributed by atoms with E-state index in [2.05, 4.69) is 21.4 Å². The molecule has 2 rings (SSSR count). The third kappa shape index (κ3) is 2.60. The molecule has 1 aromatic carbocycles. The van der Waals surface area contributed by atoms with Gasteiger partial charge < -0.3 is 4.57 Å². The lowest BCUT2D eigenvalue weighted by atomic mass is 10.2. The largest absolute Gasteiger partial charge is 0.347 e. The van der Waals surface area contributed by atoms with Crippen LogP contribution in [0.1, 0.15) is 6.42 Å². The van der Waals surface area contributed by atoms with Crippen molar-refractivity contribution < 1.29 is 4.79 Å². The van der Waals surface area contributed by atoms with E-state index in [1.54, 1.807) is 12.3 Å². The molecule has 0 bridgehead atoms. The van der Waals surface area contributed by atoms with E-state index in [-0.39, 0.29) is 17.8 Å². The van der Waals surface area contributed by atoms with Gasteiger partial charge in [-0.15, -0.1) is 0 Å². The van der Waals surface area contributed by atoms with Gasteiger partial charge in [0.25, 0.3) is 0 Å². The molecule has 0 radical (unpaired) electrons. The number of aromatic nitrogens is 1. The summed E-state index contributed by atoms with van der Waals surface area (Å²) >= 11 is 3.37. The molecule has 0 aliphatic carbocycles. The average Bonchev–Trinajstić information content (AvgIpc) is 2.37. The van der Waals surface area contributed by atoms with Crippen LogP contribution in [0.2, 0.25) is 0 Å². The second kappa shape index (κ2) is 5.32. The van der Waals surface area contributed by atoms with Crippen LogP contribution < -0.4 is 16.7 Å². The van der Waals surface area contributed by atoms with Crippen molar-refractivity contribution in [1.82, 2.24) is 9.99 Å². The molecule has 5 nitrogen and oxygen atoms in total. The van der Waals surface area contributed by atoms with Gasteiger partial charge in [-0.1, -0.05) is 15.9 Å². The Labute approximate surface area is 112 Å². The Hall–Kier alpha value is -1.66. The predicted molar refractivity (Wildman–Crippen MR) is 72.9 cm³/mol. The van der Waals surface area contributed by atoms with E-state index in [0.29, 0.717) is 11.9 Å². The number of hydrazine groups is 1. The maximum atomic E-state index is 11.7. The minimum Gasteiger partial charge on any atom is -0.347 e. The number of aryl methyl sites for hydroxylation is 1. The first-order valence-electron chi connectivity index (χ1n) is 5.40. The predicted octanol–water partition coefficient (Wildman–Crippen LogP) is 1.14. The van der Waals surface area contributed by atoms with Crippen LogP contribution in [0, 0.1) is 0 Å². The molecule has 0 atom stereocenters. The summed E-state index contributed by atoms with van der Waals surface area (Å²) in [6, 6.07) is 6.94. The second-order valence-electron chi connectivity index (χ2n) is 3.85. The number of rotatable bonds is 3. The van der Waals surface area contributed by atoms with E-state index in [1.807, 2.05) is 16.7 Å². The summed E-state index contributed by atoms with van der Waals surface area (Å²) in [4.78, 5) is 22.8. The van der Waals surface area contributed by atoms with Gasteiger partial charge in [-0.2, -0.15) is 0 Å². The molecule has 0 fully saturated rings. The third-order valence-electron chi connectivity index (χ3n) is 2.68. The molecular weight excluding hydrogens is 298 g/mol. The minimum atomic E-state index is -0.239. The van der Waals surface area contributed by atoms with E-state index in [9.17, 15) is 9.59 Å². The molecule has 18 heavy (non-hydrogen) atoms. The zero-order chi connectivity index (χ0) is 13.1. The zero-order valence-electron chi connectivity index (χ0n) is 9.52. The molecule has 0 aliphatic heterocycles. The number of carbonyl (C=O) groups is 1. The van der Waals surface area contributed by atoms with Gasteiger partial charge in [-0.25, -0.2) is 5.84 Å². The van der Waals surface area contributed by atoms with Crippen LogP contribution in [0.15, 0.2) is 39.7 Å². The van der Waals surface area contributed by atoms with E-state index < -0.39 is 0 Å². The van der Waals surface area contributed by atoms with Gasteiger partial charge >= 0.3 is 0 Å². The van der Waals surface area contributed by atoms with Gasteiger partial charge in [0.1, 0.15) is 0 Å². The van der Waals surface area contributed by atoms with Crippen molar-refractivity contribution in [3.8, 4) is 0 Å². The van der Waals surface area contributed by atoms with E-state index in [0.717, 1.165) is 9.99 Å². The van der Waals surface area contributed by atoms with Crippen molar-refractivity contribution >= 4 is 32.7 Å². The molecule has 3 N–H and O–H groups in total. The Kier molecular flexibility index (Phi) is 3.78. The molecule has 0 spiro atoms. The molecule has 6 heteroatoms. The number of hydrogen-bond donors (Lipinski definition) is 2. The lowest BCUT2D eigenvalue weighted by Crippen LogP contribution is -2.30. The Morgan fingerprint density at radius 2 is 2.17 bits per heavy atom. The normalized spacial score (nSPS) is 10.6. The van der Waals surface area contributed by atoms with Crippen LogP contribution in [0.5, 0.6) is 0 Å². The molecular formula is C12H12BrN3O2. The highest BCUT2D eigenvalue weighted by molar-refractivity contribution is 9.10. The second-order valence-corrected chi connectivity index (χ2v) is 4.77. The van der Waals surface area contributed by atoms with Crippen molar-refractivity contribution in [2.24, 2.45) is 5.84 Å². The van der Waals surface area contributed by atoms with Crippen LogP contribution in [0.3, 0.4) is 0 Å². The van der Waals surface area contributed by atoms with Crippen LogP contribution in [-0.4, -0.2) is 10.5 Å². The number of amides is 1. The highest BCUT2D eigenvalue weighted by atomic mass is 79.9. The molecule has 94 valence electrons.